The van der Waals surface area contributed by atoms with Crippen LogP contribution in [-0.4, -0.2) is 42.0 Å². The average Bonchev–Trinajstić information content (AvgIpc) is 2.87. The topological polar surface area (TPSA) is 85.5 Å². The second-order valence-electron chi connectivity index (χ2n) is 4.24. The van der Waals surface area contributed by atoms with Crippen LogP contribution in [0.15, 0.2) is 18.3 Å². The molecular formula is C12H15N3O3. The smallest absolute Gasteiger partial charge is 0.310 e. The monoisotopic (exact) mass is 249 g/mol. The molecular weight excluding hydrogens is 234 g/mol. The number of rotatable bonds is 2. The Kier molecular flexibility index (Phi) is 3.45. The van der Waals surface area contributed by atoms with Crippen molar-refractivity contribution in [2.45, 2.75) is 6.42 Å². The Morgan fingerprint density at radius 1 is 1.50 bits per heavy atom. The van der Waals surface area contributed by atoms with Crippen molar-refractivity contribution in [3.8, 4) is 0 Å². The third kappa shape index (κ3) is 2.42. The van der Waals surface area contributed by atoms with Crippen LogP contribution >= 0.6 is 0 Å². The van der Waals surface area contributed by atoms with Gasteiger partial charge in [-0.3, -0.25) is 9.59 Å². The van der Waals surface area contributed by atoms with Crippen LogP contribution in [0.3, 0.4) is 0 Å². The zero-order valence-electron chi connectivity index (χ0n) is 10.1. The lowest BCUT2D eigenvalue weighted by Gasteiger charge is -2.15. The predicted molar refractivity (Wildman–Crippen MR) is 64.7 cm³/mol. The Labute approximate surface area is 105 Å². The molecule has 6 nitrogen and oxygen atoms in total. The third-order valence-electron chi connectivity index (χ3n) is 3.02. The predicted octanol–water partition coefficient (Wildman–Crippen LogP) is 0.299. The van der Waals surface area contributed by atoms with Crippen molar-refractivity contribution < 1.29 is 14.3 Å². The Hall–Kier alpha value is -2.11. The SMILES string of the molecule is COC(=O)C1CCN(C(=O)c2ccc(N)cn2)C1. The van der Waals surface area contributed by atoms with E-state index in [1.165, 1.54) is 13.3 Å². The fraction of sp³-hybridized carbons (Fsp3) is 0.417. The van der Waals surface area contributed by atoms with Gasteiger partial charge < -0.3 is 15.4 Å². The fourth-order valence-corrected chi connectivity index (χ4v) is 2.00. The molecule has 2 N–H and O–H groups in total. The Morgan fingerprint density at radius 3 is 2.89 bits per heavy atom. The van der Waals surface area contributed by atoms with Crippen molar-refractivity contribution in [1.82, 2.24) is 9.88 Å². The number of aromatic nitrogens is 1. The number of esters is 1. The van der Waals surface area contributed by atoms with Crippen LogP contribution in [0.1, 0.15) is 16.9 Å². The normalized spacial score (nSPS) is 18.7. The summed E-state index contributed by atoms with van der Waals surface area (Å²) in [4.78, 5) is 29.0. The van der Waals surface area contributed by atoms with Crippen LogP contribution in [-0.2, 0) is 9.53 Å². The second kappa shape index (κ2) is 5.03. The van der Waals surface area contributed by atoms with Gasteiger partial charge >= 0.3 is 5.97 Å². The molecule has 1 aliphatic heterocycles. The summed E-state index contributed by atoms with van der Waals surface area (Å²) in [6, 6.07) is 3.22. The number of methoxy groups -OCH3 is 1. The Bertz CT molecular complexity index is 458. The van der Waals surface area contributed by atoms with Gasteiger partial charge in [-0.1, -0.05) is 0 Å². The minimum absolute atomic E-state index is 0.179. The summed E-state index contributed by atoms with van der Waals surface area (Å²) in [6.07, 6.45) is 2.08. The van der Waals surface area contributed by atoms with Crippen LogP contribution in [0, 0.1) is 5.92 Å². The summed E-state index contributed by atoms with van der Waals surface area (Å²) >= 11 is 0. The van der Waals surface area contributed by atoms with E-state index in [0.29, 0.717) is 30.9 Å². The van der Waals surface area contributed by atoms with Gasteiger partial charge in [0.25, 0.3) is 5.91 Å². The minimum atomic E-state index is -0.268. The number of amides is 1. The maximum Gasteiger partial charge on any atom is 0.310 e. The molecule has 1 fully saturated rings. The lowest BCUT2D eigenvalue weighted by molar-refractivity contribution is -0.144. The maximum absolute atomic E-state index is 12.1. The number of hydrogen-bond acceptors (Lipinski definition) is 5. The van der Waals surface area contributed by atoms with E-state index in [9.17, 15) is 9.59 Å². The fourth-order valence-electron chi connectivity index (χ4n) is 2.00. The molecule has 0 aromatic carbocycles. The largest absolute Gasteiger partial charge is 0.469 e. The van der Waals surface area contributed by atoms with Gasteiger partial charge in [-0.25, -0.2) is 4.98 Å². The molecule has 1 aromatic rings. The van der Waals surface area contributed by atoms with Crippen LogP contribution in [0.5, 0.6) is 0 Å². The lowest BCUT2D eigenvalue weighted by atomic mass is 10.1. The van der Waals surface area contributed by atoms with E-state index in [1.54, 1.807) is 17.0 Å². The summed E-state index contributed by atoms with van der Waals surface area (Å²) in [6.45, 7) is 0.933. The summed E-state index contributed by atoms with van der Waals surface area (Å²) in [5.74, 6) is -0.676. The van der Waals surface area contributed by atoms with E-state index in [2.05, 4.69) is 9.72 Å². The van der Waals surface area contributed by atoms with Crippen molar-refractivity contribution in [2.24, 2.45) is 5.92 Å². The van der Waals surface area contributed by atoms with Gasteiger partial charge in [-0.2, -0.15) is 0 Å². The van der Waals surface area contributed by atoms with Crippen molar-refractivity contribution in [1.29, 1.82) is 0 Å². The number of nitrogens with zero attached hydrogens (tertiary/aromatic N) is 2. The van der Waals surface area contributed by atoms with Gasteiger partial charge in [0.1, 0.15) is 5.69 Å². The molecule has 1 aromatic heterocycles. The first-order valence-electron chi connectivity index (χ1n) is 5.70. The van der Waals surface area contributed by atoms with Crippen molar-refractivity contribution in [2.75, 3.05) is 25.9 Å². The number of pyridine rings is 1. The number of carbonyl (C=O) groups excluding carboxylic acids is 2. The number of carbonyl (C=O) groups is 2. The number of anilines is 1. The summed E-state index contributed by atoms with van der Waals surface area (Å²) in [5, 5.41) is 0. The second-order valence-corrected chi connectivity index (χ2v) is 4.24. The molecule has 2 rings (SSSR count). The van der Waals surface area contributed by atoms with E-state index in [4.69, 9.17) is 5.73 Å². The highest BCUT2D eigenvalue weighted by atomic mass is 16.5. The van der Waals surface area contributed by atoms with Gasteiger partial charge in [0, 0.05) is 13.1 Å². The summed E-state index contributed by atoms with van der Waals surface area (Å²) in [5.41, 5.74) is 6.37. The maximum atomic E-state index is 12.1. The zero-order valence-corrected chi connectivity index (χ0v) is 10.1. The molecule has 18 heavy (non-hydrogen) atoms. The van der Waals surface area contributed by atoms with Gasteiger partial charge in [0.15, 0.2) is 0 Å². The lowest BCUT2D eigenvalue weighted by Crippen LogP contribution is -2.30. The third-order valence-corrected chi connectivity index (χ3v) is 3.02. The molecule has 1 amide bonds. The van der Waals surface area contributed by atoms with Crippen molar-refractivity contribution >= 4 is 17.6 Å². The van der Waals surface area contributed by atoms with Crippen LogP contribution in [0.2, 0.25) is 0 Å². The molecule has 1 unspecified atom stereocenters. The minimum Gasteiger partial charge on any atom is -0.469 e. The molecule has 2 heterocycles. The van der Waals surface area contributed by atoms with E-state index in [-0.39, 0.29) is 17.8 Å². The highest BCUT2D eigenvalue weighted by Gasteiger charge is 2.32. The summed E-state index contributed by atoms with van der Waals surface area (Å²) < 4.78 is 4.67. The molecule has 6 heteroatoms. The standard InChI is InChI=1S/C12H15N3O3/c1-18-12(17)8-4-5-15(7-8)11(16)10-3-2-9(13)6-14-10/h2-3,6,8H,4-5,7,13H2,1H3. The average molecular weight is 249 g/mol. The molecule has 96 valence electrons. The number of ether oxygens (including phenoxy) is 1. The molecule has 0 bridgehead atoms. The van der Waals surface area contributed by atoms with E-state index >= 15 is 0 Å². The highest BCUT2D eigenvalue weighted by molar-refractivity contribution is 5.93. The number of likely N-dealkylation sites (tertiary alicyclic amines) is 1. The molecule has 0 saturated carbocycles. The molecule has 1 aliphatic rings. The number of hydrogen-bond donors (Lipinski definition) is 1. The van der Waals surface area contributed by atoms with Gasteiger partial charge in [0.2, 0.25) is 0 Å². The van der Waals surface area contributed by atoms with E-state index < -0.39 is 0 Å². The first-order valence-corrected chi connectivity index (χ1v) is 5.70. The van der Waals surface area contributed by atoms with Crippen molar-refractivity contribution in [3.05, 3.63) is 24.0 Å². The molecule has 0 spiro atoms. The zero-order chi connectivity index (χ0) is 13.1. The van der Waals surface area contributed by atoms with Gasteiger partial charge in [-0.15, -0.1) is 0 Å². The summed E-state index contributed by atoms with van der Waals surface area (Å²) in [7, 11) is 1.36. The first-order chi connectivity index (χ1) is 8.61. The van der Waals surface area contributed by atoms with E-state index in [0.717, 1.165) is 0 Å². The van der Waals surface area contributed by atoms with Crippen LogP contribution in [0.4, 0.5) is 5.69 Å². The van der Waals surface area contributed by atoms with E-state index in [1.807, 2.05) is 0 Å². The van der Waals surface area contributed by atoms with Crippen molar-refractivity contribution in [3.63, 3.8) is 0 Å². The van der Waals surface area contributed by atoms with Crippen LogP contribution < -0.4 is 5.73 Å². The Morgan fingerprint density at radius 2 is 2.28 bits per heavy atom. The number of nitrogen functional groups attached to an aromatic ring is 1. The van der Waals surface area contributed by atoms with Gasteiger partial charge in [-0.05, 0) is 18.6 Å². The Balaban J connectivity index is 2.03. The van der Waals surface area contributed by atoms with Crippen LogP contribution in [0.25, 0.3) is 0 Å². The highest BCUT2D eigenvalue weighted by Crippen LogP contribution is 2.19. The first kappa shape index (κ1) is 12.3. The molecule has 0 radical (unpaired) electrons. The number of nitrogens with two attached hydrogens (primary N) is 1. The molecule has 0 aliphatic carbocycles. The molecule has 1 atom stereocenters. The van der Waals surface area contributed by atoms with Gasteiger partial charge in [0.05, 0.1) is 24.9 Å². The molecule has 1 saturated heterocycles. The quantitative estimate of drug-likeness (QED) is 0.762.